The molecule has 0 radical (unpaired) electrons. The van der Waals surface area contributed by atoms with Gasteiger partial charge in [-0.05, 0) is 139 Å². The standard InChI is InChI=1S/2C56H98O7S.Ca/c2*1-3-5-7-9-11-13-15-17-19-21-23-25-27-29-31-33-35-37-39-41-43-45-49-62-55(57)53-48-47-52(64(59,60)61)51-54(53)56(58)63-50-46-44-42-40-38-36-34-32-30-28-26-24-22-20-18-16-14-12-10-8-6-4-2;/h2*5-8,47-48,51H,3-4,9-46,49-50H2,1-2H3,(H,59,60,61);/q;;+2/p-2/b2*7-5+,8-6+;. The third-order valence-corrected chi connectivity index (χ3v) is 26.7. The number of esters is 4. The summed E-state index contributed by atoms with van der Waals surface area (Å²) in [6.45, 7) is 9.53. The van der Waals surface area contributed by atoms with Crippen LogP contribution in [0.5, 0.6) is 0 Å². The van der Waals surface area contributed by atoms with Crippen LogP contribution in [0, 0.1) is 0 Å². The molecular weight excluding hydrogens is 1670 g/mol. The van der Waals surface area contributed by atoms with Crippen molar-refractivity contribution in [1.82, 2.24) is 0 Å². The fourth-order valence-corrected chi connectivity index (χ4v) is 17.9. The summed E-state index contributed by atoms with van der Waals surface area (Å²) in [5, 5.41) is 0. The summed E-state index contributed by atoms with van der Waals surface area (Å²) >= 11 is 0. The van der Waals surface area contributed by atoms with Crippen LogP contribution >= 0.6 is 0 Å². The van der Waals surface area contributed by atoms with E-state index >= 15 is 0 Å². The number of unbranched alkanes of at least 4 members (excludes halogenated alkanes) is 72. The number of carbonyl (C=O) groups is 4. The van der Waals surface area contributed by atoms with E-state index in [4.69, 9.17) is 18.9 Å². The molecule has 0 aromatic heterocycles. The van der Waals surface area contributed by atoms with Crippen LogP contribution in [0.15, 0.2) is 94.8 Å². The molecule has 0 spiro atoms. The molecule has 0 aliphatic heterocycles. The smallest absolute Gasteiger partial charge is 0.744 e. The number of ether oxygens (including phenoxy) is 4. The van der Waals surface area contributed by atoms with Gasteiger partial charge in [-0.1, -0.05) is 487 Å². The molecule has 0 aliphatic carbocycles. The van der Waals surface area contributed by atoms with Crippen LogP contribution < -0.4 is 0 Å². The van der Waals surface area contributed by atoms with Gasteiger partial charge in [0.05, 0.1) is 58.5 Å². The molecule has 0 saturated heterocycles. The topological polar surface area (TPSA) is 220 Å². The van der Waals surface area contributed by atoms with Crippen LogP contribution in [-0.4, -0.2) is 114 Å². The maximum Gasteiger partial charge on any atom is 2.00 e. The van der Waals surface area contributed by atoms with Crippen molar-refractivity contribution in [2.45, 2.75) is 551 Å². The molecule has 2 rings (SSSR count). The third kappa shape index (κ3) is 82.4. The van der Waals surface area contributed by atoms with Crippen LogP contribution in [-0.2, 0) is 39.2 Å². The van der Waals surface area contributed by atoms with E-state index in [9.17, 15) is 45.1 Å². The molecule has 740 valence electrons. The average Bonchev–Trinajstić information content (AvgIpc) is 0.812. The van der Waals surface area contributed by atoms with E-state index in [1.165, 1.54) is 410 Å². The van der Waals surface area contributed by atoms with E-state index < -0.39 is 53.9 Å². The first-order chi connectivity index (χ1) is 62.6. The second kappa shape index (κ2) is 96.1. The van der Waals surface area contributed by atoms with Crippen molar-refractivity contribution in [2.75, 3.05) is 26.4 Å². The van der Waals surface area contributed by atoms with Gasteiger partial charge in [0.25, 0.3) is 0 Å². The van der Waals surface area contributed by atoms with Crippen LogP contribution in [0.25, 0.3) is 0 Å². The van der Waals surface area contributed by atoms with Crippen LogP contribution in [0.3, 0.4) is 0 Å². The Bertz CT molecular complexity index is 3020. The molecule has 0 amide bonds. The predicted molar refractivity (Wildman–Crippen MR) is 544 cm³/mol. The van der Waals surface area contributed by atoms with Crippen molar-refractivity contribution >= 4 is 81.9 Å². The van der Waals surface area contributed by atoms with Gasteiger partial charge in [-0.15, -0.1) is 0 Å². The molecule has 0 unspecified atom stereocenters. The number of hydrogen-bond donors (Lipinski definition) is 0. The summed E-state index contributed by atoms with van der Waals surface area (Å²) in [4.78, 5) is 50.8. The van der Waals surface area contributed by atoms with Crippen LogP contribution in [0.4, 0.5) is 0 Å². The Morgan fingerprint density at radius 2 is 0.341 bits per heavy atom. The van der Waals surface area contributed by atoms with Gasteiger partial charge in [-0.3, -0.25) is 0 Å². The first-order valence-corrected chi connectivity index (χ1v) is 56.9. The van der Waals surface area contributed by atoms with Crippen molar-refractivity contribution in [3.63, 3.8) is 0 Å². The maximum absolute atomic E-state index is 13.0. The van der Waals surface area contributed by atoms with Gasteiger partial charge in [0.1, 0.15) is 20.2 Å². The van der Waals surface area contributed by atoms with Gasteiger partial charge >= 0.3 is 61.6 Å². The average molecular weight is 1870 g/mol. The summed E-state index contributed by atoms with van der Waals surface area (Å²) < 4.78 is 92.1. The van der Waals surface area contributed by atoms with E-state index in [2.05, 4.69) is 76.3 Å². The zero-order chi connectivity index (χ0) is 92.9. The van der Waals surface area contributed by atoms with Gasteiger partial charge in [0, 0.05) is 0 Å². The fourth-order valence-electron chi connectivity index (χ4n) is 16.9. The number of carbonyl (C=O) groups excluding carboxylic acids is 4. The van der Waals surface area contributed by atoms with E-state index in [1.807, 2.05) is 0 Å². The fraction of sp³-hybridized carbons (Fsp3) is 0.786. The van der Waals surface area contributed by atoms with Gasteiger partial charge in [0.2, 0.25) is 0 Å². The minimum Gasteiger partial charge on any atom is -0.744 e. The summed E-state index contributed by atoms with van der Waals surface area (Å²) in [5.41, 5.74) is -0.652. The number of allylic oxidation sites excluding steroid dienone is 8. The SMILES string of the molecule is CC/C=C/CCCCCCCCCCCCCCCCCCCCOC(=O)c1ccc(S(=O)(=O)[O-])cc1C(=O)OCCCCCCCCCCCCCCCCCCCC/C=C/CC.CC/C=C/CCCCCCCCCCCCCCCCCCCCOC(=O)c1ccc(S(=O)(=O)[O-])cc1C(=O)OCCCCCCCCCCCCCCCCCCCC/C=C/CC.[Ca+2]. The second-order valence-electron chi connectivity index (χ2n) is 37.0. The van der Waals surface area contributed by atoms with Crippen LogP contribution in [0.1, 0.15) is 583 Å². The summed E-state index contributed by atoms with van der Waals surface area (Å²) in [6, 6.07) is 6.34. The number of hydrogen-bond acceptors (Lipinski definition) is 14. The van der Waals surface area contributed by atoms with Crippen molar-refractivity contribution in [3.05, 3.63) is 107 Å². The Labute approximate surface area is 824 Å². The number of rotatable bonds is 94. The Morgan fingerprint density at radius 3 is 0.481 bits per heavy atom. The summed E-state index contributed by atoms with van der Waals surface area (Å²) in [6.07, 6.45) is 119. The molecule has 0 saturated carbocycles. The van der Waals surface area contributed by atoms with E-state index in [0.29, 0.717) is 25.7 Å². The first kappa shape index (κ1) is 125. The predicted octanol–water partition coefficient (Wildman–Crippen LogP) is 34.9. The van der Waals surface area contributed by atoms with E-state index in [1.54, 1.807) is 0 Å². The minimum absolute atomic E-state index is 0. The molecule has 0 fully saturated rings. The molecular formula is C112H194CaO14S2. The van der Waals surface area contributed by atoms with E-state index in [0.717, 1.165) is 114 Å². The molecule has 0 bridgehead atoms. The van der Waals surface area contributed by atoms with Crippen molar-refractivity contribution in [1.29, 1.82) is 0 Å². The molecule has 2 aromatic carbocycles. The largest absolute Gasteiger partial charge is 2.00 e. The first-order valence-electron chi connectivity index (χ1n) is 54.1. The van der Waals surface area contributed by atoms with Gasteiger partial charge in [0.15, 0.2) is 0 Å². The Morgan fingerprint density at radius 1 is 0.209 bits per heavy atom. The molecule has 17 heteroatoms. The van der Waals surface area contributed by atoms with Crippen molar-refractivity contribution < 1.29 is 64.1 Å². The maximum atomic E-state index is 13.0. The minimum atomic E-state index is -4.82. The zero-order valence-electron chi connectivity index (χ0n) is 83.7. The molecule has 0 N–H and O–H groups in total. The molecule has 0 aliphatic rings. The quantitative estimate of drug-likeness (QED) is 0.0150. The third-order valence-electron chi connectivity index (χ3n) is 25.0. The normalized spacial score (nSPS) is 11.8. The summed E-state index contributed by atoms with van der Waals surface area (Å²) in [7, 11) is -9.64. The molecule has 129 heavy (non-hydrogen) atoms. The van der Waals surface area contributed by atoms with Crippen molar-refractivity contribution in [3.8, 4) is 0 Å². The molecule has 2 aromatic rings. The monoisotopic (exact) mass is 1870 g/mol. The Balaban J connectivity index is 0.00000252. The van der Waals surface area contributed by atoms with Gasteiger partial charge < -0.3 is 28.1 Å². The van der Waals surface area contributed by atoms with Gasteiger partial charge in [-0.2, -0.15) is 0 Å². The Kier molecular flexibility index (Phi) is 93.3. The molecule has 14 nitrogen and oxygen atoms in total. The van der Waals surface area contributed by atoms with Crippen molar-refractivity contribution in [2.24, 2.45) is 0 Å². The zero-order valence-corrected chi connectivity index (χ0v) is 87.6. The molecule has 0 heterocycles. The van der Waals surface area contributed by atoms with E-state index in [-0.39, 0.29) is 86.4 Å². The number of benzene rings is 2. The second-order valence-corrected chi connectivity index (χ2v) is 39.8. The summed E-state index contributed by atoms with van der Waals surface area (Å²) in [5.74, 6) is -3.07. The molecule has 0 atom stereocenters. The van der Waals surface area contributed by atoms with Gasteiger partial charge in [-0.25, -0.2) is 36.0 Å². The Hall–Kier alpha value is -3.64. The van der Waals surface area contributed by atoms with Crippen LogP contribution in [0.2, 0.25) is 0 Å².